The van der Waals surface area contributed by atoms with Crippen LogP contribution in [0.4, 0.5) is 0 Å². The molecule has 80 valence electrons. The fourth-order valence-corrected chi connectivity index (χ4v) is 1.74. The van der Waals surface area contributed by atoms with Gasteiger partial charge >= 0.3 is 5.97 Å². The van der Waals surface area contributed by atoms with Gasteiger partial charge in [0.25, 0.3) is 0 Å². The first kappa shape index (κ1) is 10.2. The SMILES string of the molecule is COC(C(=O)O)c1ccc(C2CC2)cc1. The molecule has 15 heavy (non-hydrogen) atoms. The highest BCUT2D eigenvalue weighted by atomic mass is 16.5. The summed E-state index contributed by atoms with van der Waals surface area (Å²) in [6.45, 7) is 0. The maximum atomic E-state index is 10.8. The number of aliphatic carboxylic acids is 1. The number of hydrogen-bond acceptors (Lipinski definition) is 2. The van der Waals surface area contributed by atoms with Gasteiger partial charge in [0.05, 0.1) is 0 Å². The predicted molar refractivity (Wildman–Crippen MR) is 55.8 cm³/mol. The second kappa shape index (κ2) is 4.03. The normalized spacial score (nSPS) is 17.4. The third kappa shape index (κ3) is 2.18. The zero-order valence-electron chi connectivity index (χ0n) is 8.64. The highest BCUT2D eigenvalue weighted by Gasteiger charge is 2.24. The lowest BCUT2D eigenvalue weighted by atomic mass is 10.0. The molecule has 0 radical (unpaired) electrons. The standard InChI is InChI=1S/C12H14O3/c1-15-11(12(13)14)10-6-4-9(5-7-10)8-2-3-8/h4-8,11H,2-3H2,1H3,(H,13,14). The average molecular weight is 206 g/mol. The summed E-state index contributed by atoms with van der Waals surface area (Å²) in [7, 11) is 1.41. The first-order valence-corrected chi connectivity index (χ1v) is 5.08. The van der Waals surface area contributed by atoms with Crippen LogP contribution in [0.15, 0.2) is 24.3 Å². The quantitative estimate of drug-likeness (QED) is 0.822. The van der Waals surface area contributed by atoms with E-state index in [2.05, 4.69) is 0 Å². The molecule has 1 aromatic carbocycles. The molecule has 3 nitrogen and oxygen atoms in total. The molecule has 0 aromatic heterocycles. The zero-order valence-corrected chi connectivity index (χ0v) is 8.64. The van der Waals surface area contributed by atoms with Gasteiger partial charge in [-0.25, -0.2) is 4.79 Å². The summed E-state index contributed by atoms with van der Waals surface area (Å²) in [5.41, 5.74) is 2.01. The number of rotatable bonds is 4. The summed E-state index contributed by atoms with van der Waals surface area (Å²) in [5, 5.41) is 8.89. The molecular weight excluding hydrogens is 192 g/mol. The minimum Gasteiger partial charge on any atom is -0.479 e. The van der Waals surface area contributed by atoms with Gasteiger partial charge in [-0.2, -0.15) is 0 Å². The van der Waals surface area contributed by atoms with Gasteiger partial charge < -0.3 is 9.84 Å². The van der Waals surface area contributed by atoms with E-state index in [0.29, 0.717) is 11.5 Å². The Labute approximate surface area is 88.7 Å². The second-order valence-corrected chi connectivity index (χ2v) is 3.89. The van der Waals surface area contributed by atoms with Crippen LogP contribution in [-0.4, -0.2) is 18.2 Å². The molecule has 0 aliphatic heterocycles. The minimum atomic E-state index is -0.948. The highest BCUT2D eigenvalue weighted by Crippen LogP contribution is 2.40. The van der Waals surface area contributed by atoms with Crippen LogP contribution in [0, 0.1) is 0 Å². The maximum absolute atomic E-state index is 10.8. The maximum Gasteiger partial charge on any atom is 0.337 e. The minimum absolute atomic E-state index is 0.699. The Morgan fingerprint density at radius 2 is 2.00 bits per heavy atom. The van der Waals surface area contributed by atoms with E-state index in [1.807, 2.05) is 24.3 Å². The van der Waals surface area contributed by atoms with E-state index in [0.717, 1.165) is 0 Å². The molecule has 1 aliphatic rings. The summed E-state index contributed by atoms with van der Waals surface area (Å²) >= 11 is 0. The van der Waals surface area contributed by atoms with Gasteiger partial charge in [-0.1, -0.05) is 24.3 Å². The van der Waals surface area contributed by atoms with Crippen molar-refractivity contribution in [2.45, 2.75) is 24.9 Å². The van der Waals surface area contributed by atoms with Crippen LogP contribution in [0.1, 0.15) is 36.0 Å². The summed E-state index contributed by atoms with van der Waals surface area (Å²) < 4.78 is 4.91. The Hall–Kier alpha value is -1.35. The Morgan fingerprint density at radius 1 is 1.40 bits per heavy atom. The van der Waals surface area contributed by atoms with Crippen molar-refractivity contribution in [1.82, 2.24) is 0 Å². The van der Waals surface area contributed by atoms with Gasteiger partial charge in [0.2, 0.25) is 0 Å². The molecule has 0 saturated heterocycles. The van der Waals surface area contributed by atoms with E-state index in [1.165, 1.54) is 25.5 Å². The van der Waals surface area contributed by atoms with Gasteiger partial charge in [-0.15, -0.1) is 0 Å². The van der Waals surface area contributed by atoms with Crippen LogP contribution in [0.5, 0.6) is 0 Å². The molecular formula is C12H14O3. The van der Waals surface area contributed by atoms with Crippen molar-refractivity contribution >= 4 is 5.97 Å². The van der Waals surface area contributed by atoms with E-state index in [9.17, 15) is 4.79 Å². The molecule has 0 spiro atoms. The number of carboxylic acid groups (broad SMARTS) is 1. The van der Waals surface area contributed by atoms with E-state index in [-0.39, 0.29) is 0 Å². The van der Waals surface area contributed by atoms with E-state index >= 15 is 0 Å². The number of hydrogen-bond donors (Lipinski definition) is 1. The van der Waals surface area contributed by atoms with E-state index in [4.69, 9.17) is 9.84 Å². The molecule has 0 amide bonds. The van der Waals surface area contributed by atoms with Crippen molar-refractivity contribution in [3.63, 3.8) is 0 Å². The molecule has 1 atom stereocenters. The molecule has 2 rings (SSSR count). The fourth-order valence-electron chi connectivity index (χ4n) is 1.74. The first-order valence-electron chi connectivity index (χ1n) is 5.08. The Kier molecular flexibility index (Phi) is 2.73. The molecule has 0 heterocycles. The fraction of sp³-hybridized carbons (Fsp3) is 0.417. The van der Waals surface area contributed by atoms with E-state index < -0.39 is 12.1 Å². The monoisotopic (exact) mass is 206 g/mol. The number of benzene rings is 1. The lowest BCUT2D eigenvalue weighted by Gasteiger charge is -2.10. The van der Waals surface area contributed by atoms with Crippen LogP contribution in [0.3, 0.4) is 0 Å². The number of carboxylic acids is 1. The average Bonchev–Trinajstić information content (AvgIpc) is 3.03. The highest BCUT2D eigenvalue weighted by molar-refractivity contribution is 5.74. The largest absolute Gasteiger partial charge is 0.479 e. The second-order valence-electron chi connectivity index (χ2n) is 3.89. The Balaban J connectivity index is 2.17. The molecule has 3 heteroatoms. The first-order chi connectivity index (χ1) is 7.22. The van der Waals surface area contributed by atoms with Crippen molar-refractivity contribution in [3.05, 3.63) is 35.4 Å². The lowest BCUT2D eigenvalue weighted by Crippen LogP contribution is -2.13. The van der Waals surface area contributed by atoms with Gasteiger partial charge in [0, 0.05) is 7.11 Å². The van der Waals surface area contributed by atoms with Crippen LogP contribution in [-0.2, 0) is 9.53 Å². The number of ether oxygens (including phenoxy) is 1. The van der Waals surface area contributed by atoms with Crippen LogP contribution in [0.2, 0.25) is 0 Å². The molecule has 1 saturated carbocycles. The third-order valence-corrected chi connectivity index (χ3v) is 2.75. The van der Waals surface area contributed by atoms with Gasteiger partial charge in [0.1, 0.15) is 0 Å². The topological polar surface area (TPSA) is 46.5 Å². The number of carbonyl (C=O) groups is 1. The van der Waals surface area contributed by atoms with Gasteiger partial charge in [0.15, 0.2) is 6.10 Å². The summed E-state index contributed by atoms with van der Waals surface area (Å²) in [6.07, 6.45) is 1.66. The Morgan fingerprint density at radius 3 is 2.40 bits per heavy atom. The Bertz CT molecular complexity index is 352. The van der Waals surface area contributed by atoms with E-state index in [1.54, 1.807) is 0 Å². The van der Waals surface area contributed by atoms with Crippen molar-refractivity contribution in [1.29, 1.82) is 0 Å². The summed E-state index contributed by atoms with van der Waals surface area (Å²) in [4.78, 5) is 10.8. The molecule has 0 bridgehead atoms. The van der Waals surface area contributed by atoms with Crippen molar-refractivity contribution in [2.24, 2.45) is 0 Å². The molecule has 1 aliphatic carbocycles. The van der Waals surface area contributed by atoms with Gasteiger partial charge in [-0.3, -0.25) is 0 Å². The molecule has 1 unspecified atom stereocenters. The molecule has 1 fully saturated rings. The predicted octanol–water partition coefficient (Wildman–Crippen LogP) is 2.34. The van der Waals surface area contributed by atoms with Crippen molar-refractivity contribution < 1.29 is 14.6 Å². The summed E-state index contributed by atoms with van der Waals surface area (Å²) in [6, 6.07) is 7.69. The lowest BCUT2D eigenvalue weighted by molar-refractivity contribution is -0.148. The van der Waals surface area contributed by atoms with Crippen molar-refractivity contribution in [2.75, 3.05) is 7.11 Å². The molecule has 1 aromatic rings. The van der Waals surface area contributed by atoms with Gasteiger partial charge in [-0.05, 0) is 29.9 Å². The molecule has 1 N–H and O–H groups in total. The zero-order chi connectivity index (χ0) is 10.8. The van der Waals surface area contributed by atoms with Crippen LogP contribution in [0.25, 0.3) is 0 Å². The number of methoxy groups -OCH3 is 1. The van der Waals surface area contributed by atoms with Crippen molar-refractivity contribution in [3.8, 4) is 0 Å². The van der Waals surface area contributed by atoms with Crippen LogP contribution >= 0.6 is 0 Å². The third-order valence-electron chi connectivity index (χ3n) is 2.75. The summed E-state index contributed by atoms with van der Waals surface area (Å²) in [5.74, 6) is -0.249. The smallest absolute Gasteiger partial charge is 0.337 e. The van der Waals surface area contributed by atoms with Crippen LogP contribution < -0.4 is 0 Å².